The van der Waals surface area contributed by atoms with Gasteiger partial charge in [-0.15, -0.1) is 0 Å². The number of methoxy groups -OCH3 is 2. The number of hydrogen-bond donors (Lipinski definition) is 2. The van der Waals surface area contributed by atoms with Crippen molar-refractivity contribution in [2.24, 2.45) is 0 Å². The summed E-state index contributed by atoms with van der Waals surface area (Å²) < 4.78 is 21.7. The van der Waals surface area contributed by atoms with E-state index >= 15 is 0 Å². The minimum Gasteiger partial charge on any atom is -0.493 e. The molecule has 0 aliphatic rings. The largest absolute Gasteiger partial charge is 0.493 e. The number of quaternary nitrogens is 1. The predicted molar refractivity (Wildman–Crippen MR) is 94.1 cm³/mol. The summed E-state index contributed by atoms with van der Waals surface area (Å²) in [5.41, 5.74) is 0.969. The number of nitrogens with one attached hydrogen (secondary N) is 1. The Hall–Kier alpha value is -2.02. The van der Waals surface area contributed by atoms with Crippen molar-refractivity contribution in [3.05, 3.63) is 47.4 Å². The molecule has 2 N–H and O–H groups in total. The Morgan fingerprint density at radius 3 is 2.52 bits per heavy atom. The summed E-state index contributed by atoms with van der Waals surface area (Å²) in [6, 6.07) is 9.56. The molecule has 0 fully saturated rings. The van der Waals surface area contributed by atoms with Gasteiger partial charge in [0.15, 0.2) is 17.3 Å². The topological polar surface area (TPSA) is 65.5 Å². The SMILES string of the molecule is COc1ccc(COC[C@H](O)C[NH+](C)Cc2ccc(C)o2)cc1OC. The van der Waals surface area contributed by atoms with Crippen molar-refractivity contribution >= 4 is 0 Å². The summed E-state index contributed by atoms with van der Waals surface area (Å²) >= 11 is 0. The van der Waals surface area contributed by atoms with Crippen molar-refractivity contribution < 1.29 is 28.6 Å². The van der Waals surface area contributed by atoms with Crippen molar-refractivity contribution in [2.75, 3.05) is 34.4 Å². The van der Waals surface area contributed by atoms with Gasteiger partial charge in [0.1, 0.15) is 25.0 Å². The zero-order valence-electron chi connectivity index (χ0n) is 15.4. The molecule has 0 aliphatic heterocycles. The number of aryl methyl sites for hydroxylation is 1. The van der Waals surface area contributed by atoms with Crippen LogP contribution in [0.3, 0.4) is 0 Å². The van der Waals surface area contributed by atoms with E-state index in [2.05, 4.69) is 0 Å². The average molecular weight is 350 g/mol. The molecule has 1 unspecified atom stereocenters. The summed E-state index contributed by atoms with van der Waals surface area (Å²) in [7, 11) is 5.23. The minimum absolute atomic E-state index is 0.281. The lowest BCUT2D eigenvalue weighted by Gasteiger charge is -2.17. The molecule has 138 valence electrons. The van der Waals surface area contributed by atoms with Crippen molar-refractivity contribution in [1.29, 1.82) is 0 Å². The van der Waals surface area contributed by atoms with Gasteiger partial charge in [0.2, 0.25) is 0 Å². The van der Waals surface area contributed by atoms with Crippen LogP contribution in [0.2, 0.25) is 0 Å². The molecule has 0 spiro atoms. The number of likely N-dealkylation sites (N-methyl/N-ethyl adjacent to an activating group) is 1. The highest BCUT2D eigenvalue weighted by Gasteiger charge is 2.14. The van der Waals surface area contributed by atoms with Gasteiger partial charge in [0, 0.05) is 0 Å². The lowest BCUT2D eigenvalue weighted by atomic mass is 10.2. The Labute approximate surface area is 148 Å². The molecule has 0 radical (unpaired) electrons. The highest BCUT2D eigenvalue weighted by molar-refractivity contribution is 5.42. The molecular formula is C19H28NO5+. The quantitative estimate of drug-likeness (QED) is 0.674. The standard InChI is InChI=1S/C19H27NO5/c1-14-5-7-17(25-14)11-20(2)10-16(21)13-24-12-15-6-8-18(22-3)19(9-15)23-4/h5-9,16,21H,10-13H2,1-4H3/p+1/t16-/m1/s1. The van der Waals surface area contributed by atoms with Crippen molar-refractivity contribution in [2.45, 2.75) is 26.2 Å². The maximum Gasteiger partial charge on any atom is 0.161 e. The fraction of sp³-hybridized carbons (Fsp3) is 0.474. The van der Waals surface area contributed by atoms with Crippen molar-refractivity contribution in [3.8, 4) is 11.5 Å². The molecule has 2 rings (SSSR count). The molecule has 1 heterocycles. The van der Waals surface area contributed by atoms with Crippen LogP contribution in [0.1, 0.15) is 17.1 Å². The summed E-state index contributed by atoms with van der Waals surface area (Å²) in [5.74, 6) is 3.18. The minimum atomic E-state index is -0.531. The number of ether oxygens (including phenoxy) is 3. The Morgan fingerprint density at radius 1 is 1.12 bits per heavy atom. The van der Waals surface area contributed by atoms with Crippen LogP contribution in [-0.4, -0.2) is 45.6 Å². The van der Waals surface area contributed by atoms with E-state index in [-0.39, 0.29) is 6.61 Å². The fourth-order valence-electron chi connectivity index (χ4n) is 2.69. The summed E-state index contributed by atoms with van der Waals surface area (Å²) in [6.07, 6.45) is -0.531. The van der Waals surface area contributed by atoms with E-state index in [0.29, 0.717) is 24.7 Å². The molecular weight excluding hydrogens is 322 g/mol. The lowest BCUT2D eigenvalue weighted by Crippen LogP contribution is -3.08. The molecule has 2 atom stereocenters. The maximum absolute atomic E-state index is 10.1. The third kappa shape index (κ3) is 6.08. The molecule has 25 heavy (non-hydrogen) atoms. The smallest absolute Gasteiger partial charge is 0.161 e. The number of aliphatic hydroxyl groups is 1. The van der Waals surface area contributed by atoms with Crippen LogP contribution in [0.4, 0.5) is 0 Å². The first-order valence-corrected chi connectivity index (χ1v) is 8.35. The van der Waals surface area contributed by atoms with Gasteiger partial charge in [-0.1, -0.05) is 6.07 Å². The second kappa shape index (κ2) is 9.46. The Kier molecular flexibility index (Phi) is 7.31. The molecule has 0 saturated heterocycles. The number of hydrogen-bond acceptors (Lipinski definition) is 5. The van der Waals surface area contributed by atoms with Crippen LogP contribution < -0.4 is 14.4 Å². The van der Waals surface area contributed by atoms with Crippen molar-refractivity contribution in [3.63, 3.8) is 0 Å². The van der Waals surface area contributed by atoms with Crippen LogP contribution in [0.15, 0.2) is 34.7 Å². The van der Waals surface area contributed by atoms with Gasteiger partial charge < -0.3 is 28.6 Å². The van der Waals surface area contributed by atoms with E-state index in [9.17, 15) is 5.11 Å². The van der Waals surface area contributed by atoms with E-state index in [1.54, 1.807) is 14.2 Å². The number of aliphatic hydroxyl groups excluding tert-OH is 1. The molecule has 0 amide bonds. The highest BCUT2D eigenvalue weighted by atomic mass is 16.5. The number of rotatable bonds is 10. The molecule has 0 bridgehead atoms. The van der Waals surface area contributed by atoms with E-state index in [4.69, 9.17) is 18.6 Å². The average Bonchev–Trinajstić information content (AvgIpc) is 2.99. The number of furan rings is 1. The first-order chi connectivity index (χ1) is 12.0. The predicted octanol–water partition coefficient (Wildman–Crippen LogP) is 1.20. The second-order valence-corrected chi connectivity index (χ2v) is 6.21. The Bertz CT molecular complexity index is 655. The summed E-state index contributed by atoms with van der Waals surface area (Å²) in [4.78, 5) is 1.16. The monoisotopic (exact) mass is 350 g/mol. The highest BCUT2D eigenvalue weighted by Crippen LogP contribution is 2.27. The second-order valence-electron chi connectivity index (χ2n) is 6.21. The van der Waals surface area contributed by atoms with E-state index in [1.165, 1.54) is 0 Å². The maximum atomic E-state index is 10.1. The van der Waals surface area contributed by atoms with Crippen LogP contribution >= 0.6 is 0 Å². The van der Waals surface area contributed by atoms with Gasteiger partial charge >= 0.3 is 0 Å². The number of benzene rings is 1. The Morgan fingerprint density at radius 2 is 1.88 bits per heavy atom. The zero-order chi connectivity index (χ0) is 18.2. The Balaban J connectivity index is 1.73. The molecule has 2 aromatic rings. The van der Waals surface area contributed by atoms with Crippen LogP contribution in [0.25, 0.3) is 0 Å². The van der Waals surface area contributed by atoms with Gasteiger partial charge in [-0.05, 0) is 36.8 Å². The van der Waals surface area contributed by atoms with E-state index in [0.717, 1.165) is 28.5 Å². The molecule has 0 aliphatic carbocycles. The van der Waals surface area contributed by atoms with Gasteiger partial charge in [-0.3, -0.25) is 0 Å². The van der Waals surface area contributed by atoms with Gasteiger partial charge in [-0.2, -0.15) is 0 Å². The van der Waals surface area contributed by atoms with E-state index in [1.807, 2.05) is 44.3 Å². The van der Waals surface area contributed by atoms with Crippen LogP contribution in [0, 0.1) is 6.92 Å². The first-order valence-electron chi connectivity index (χ1n) is 8.35. The molecule has 6 heteroatoms. The molecule has 0 saturated carbocycles. The van der Waals surface area contributed by atoms with Gasteiger partial charge in [0.25, 0.3) is 0 Å². The summed E-state index contributed by atoms with van der Waals surface area (Å²) in [6.45, 7) is 3.94. The first kappa shape index (κ1) is 19.3. The van der Waals surface area contributed by atoms with Gasteiger partial charge in [-0.25, -0.2) is 0 Å². The third-order valence-corrected chi connectivity index (χ3v) is 3.88. The van der Waals surface area contributed by atoms with E-state index < -0.39 is 6.10 Å². The molecule has 6 nitrogen and oxygen atoms in total. The molecule has 1 aromatic carbocycles. The normalized spacial score (nSPS) is 13.5. The van der Waals surface area contributed by atoms with Crippen LogP contribution in [-0.2, 0) is 17.9 Å². The zero-order valence-corrected chi connectivity index (χ0v) is 15.4. The summed E-state index contributed by atoms with van der Waals surface area (Å²) in [5, 5.41) is 10.1. The van der Waals surface area contributed by atoms with Gasteiger partial charge in [0.05, 0.1) is 34.5 Å². The lowest BCUT2D eigenvalue weighted by molar-refractivity contribution is -0.898. The fourth-order valence-corrected chi connectivity index (χ4v) is 2.69. The molecule has 1 aromatic heterocycles. The van der Waals surface area contributed by atoms with Crippen LogP contribution in [0.5, 0.6) is 11.5 Å². The van der Waals surface area contributed by atoms with Crippen molar-refractivity contribution in [1.82, 2.24) is 0 Å². The third-order valence-electron chi connectivity index (χ3n) is 3.88.